The maximum absolute atomic E-state index is 6.43. The van der Waals surface area contributed by atoms with Crippen LogP contribution < -0.4 is 4.74 Å². The molecule has 0 aliphatic carbocycles. The van der Waals surface area contributed by atoms with Crippen molar-refractivity contribution >= 4 is 11.6 Å². The fourth-order valence-electron chi connectivity index (χ4n) is 1.84. The number of rotatable bonds is 8. The summed E-state index contributed by atoms with van der Waals surface area (Å²) in [4.78, 5) is 2.29. The third-order valence-electron chi connectivity index (χ3n) is 2.92. The number of hydrogen-bond acceptors (Lipinski definition) is 2. The van der Waals surface area contributed by atoms with Gasteiger partial charge in [0.15, 0.2) is 0 Å². The highest BCUT2D eigenvalue weighted by molar-refractivity contribution is 6.21. The molecule has 0 spiro atoms. The van der Waals surface area contributed by atoms with Gasteiger partial charge in [-0.2, -0.15) is 0 Å². The summed E-state index contributed by atoms with van der Waals surface area (Å²) in [7, 11) is 2.12. The molecule has 0 radical (unpaired) electrons. The molecule has 0 amide bonds. The fourth-order valence-corrected chi connectivity index (χ4v) is 2.22. The van der Waals surface area contributed by atoms with Gasteiger partial charge in [-0.1, -0.05) is 25.5 Å². The number of alkyl halides is 1. The second-order valence-electron chi connectivity index (χ2n) is 4.59. The van der Waals surface area contributed by atoms with Gasteiger partial charge in [0.2, 0.25) is 0 Å². The van der Waals surface area contributed by atoms with Crippen LogP contribution in [0.5, 0.6) is 5.75 Å². The predicted molar refractivity (Wildman–Crippen MR) is 78.6 cm³/mol. The quantitative estimate of drug-likeness (QED) is 0.659. The first-order valence-electron chi connectivity index (χ1n) is 6.72. The van der Waals surface area contributed by atoms with Crippen LogP contribution in [-0.4, -0.2) is 31.6 Å². The molecule has 1 aromatic carbocycles. The molecule has 0 saturated heterocycles. The third kappa shape index (κ3) is 5.28. The summed E-state index contributed by atoms with van der Waals surface area (Å²) >= 11 is 6.43. The molecule has 1 atom stereocenters. The highest BCUT2D eigenvalue weighted by Crippen LogP contribution is 2.23. The van der Waals surface area contributed by atoms with Crippen molar-refractivity contribution < 1.29 is 4.74 Å². The molecule has 102 valence electrons. The van der Waals surface area contributed by atoms with E-state index in [-0.39, 0.29) is 5.38 Å². The normalized spacial score (nSPS) is 12.7. The summed E-state index contributed by atoms with van der Waals surface area (Å²) in [5, 5.41) is 0.0440. The van der Waals surface area contributed by atoms with Crippen LogP contribution in [0.2, 0.25) is 0 Å². The van der Waals surface area contributed by atoms with Crippen molar-refractivity contribution in [2.75, 3.05) is 26.7 Å². The van der Waals surface area contributed by atoms with Gasteiger partial charge in [0.25, 0.3) is 0 Å². The van der Waals surface area contributed by atoms with Crippen molar-refractivity contribution in [2.24, 2.45) is 0 Å². The van der Waals surface area contributed by atoms with Gasteiger partial charge in [-0.3, -0.25) is 0 Å². The molecule has 18 heavy (non-hydrogen) atoms. The fraction of sp³-hybridized carbons (Fsp3) is 0.600. The Bertz CT molecular complexity index is 326. The molecule has 0 aromatic heterocycles. The minimum Gasteiger partial charge on any atom is -0.494 e. The Labute approximate surface area is 116 Å². The van der Waals surface area contributed by atoms with Crippen molar-refractivity contribution in [2.45, 2.75) is 32.1 Å². The number of halogens is 1. The second kappa shape index (κ2) is 8.39. The number of hydrogen-bond donors (Lipinski definition) is 0. The van der Waals surface area contributed by atoms with E-state index in [0.29, 0.717) is 6.61 Å². The molecule has 0 N–H and O–H groups in total. The van der Waals surface area contributed by atoms with Crippen molar-refractivity contribution in [1.29, 1.82) is 0 Å². The molecule has 0 heterocycles. The van der Waals surface area contributed by atoms with Crippen molar-refractivity contribution in [3.05, 3.63) is 29.8 Å². The molecule has 3 heteroatoms. The number of ether oxygens (including phenoxy) is 1. The van der Waals surface area contributed by atoms with Crippen molar-refractivity contribution in [3.8, 4) is 5.75 Å². The Kier molecular flexibility index (Phi) is 7.14. The molecule has 0 aliphatic heterocycles. The van der Waals surface area contributed by atoms with E-state index < -0.39 is 0 Å². The van der Waals surface area contributed by atoms with Gasteiger partial charge < -0.3 is 9.64 Å². The van der Waals surface area contributed by atoms with Crippen molar-refractivity contribution in [3.63, 3.8) is 0 Å². The highest BCUT2D eigenvalue weighted by atomic mass is 35.5. The van der Waals surface area contributed by atoms with E-state index in [1.807, 2.05) is 19.1 Å². The SMILES string of the molecule is CCCCN(C)CC(Cl)c1ccc(OCC)cc1. The number of likely N-dealkylation sites (N-methyl/N-ethyl adjacent to an activating group) is 1. The van der Waals surface area contributed by atoms with Gasteiger partial charge in [0.1, 0.15) is 5.75 Å². The summed E-state index contributed by atoms with van der Waals surface area (Å²) < 4.78 is 5.42. The van der Waals surface area contributed by atoms with Crippen LogP contribution in [-0.2, 0) is 0 Å². The predicted octanol–water partition coefficient (Wildman–Crippen LogP) is 4.10. The van der Waals surface area contributed by atoms with E-state index in [0.717, 1.165) is 24.4 Å². The van der Waals surface area contributed by atoms with E-state index >= 15 is 0 Å². The maximum Gasteiger partial charge on any atom is 0.119 e. The molecule has 0 fully saturated rings. The molecule has 1 unspecified atom stereocenters. The Morgan fingerprint density at radius 3 is 2.44 bits per heavy atom. The zero-order valence-electron chi connectivity index (χ0n) is 11.7. The van der Waals surface area contributed by atoms with Gasteiger partial charge in [-0.05, 0) is 44.6 Å². The van der Waals surface area contributed by atoms with Crippen molar-refractivity contribution in [1.82, 2.24) is 4.90 Å². The average Bonchev–Trinajstić information content (AvgIpc) is 2.37. The summed E-state index contributed by atoms with van der Waals surface area (Å²) in [6.45, 7) is 6.88. The standard InChI is InChI=1S/C15H24ClNO/c1-4-6-11-17(3)12-15(16)13-7-9-14(10-8-13)18-5-2/h7-10,15H,4-6,11-12H2,1-3H3. The van der Waals surface area contributed by atoms with Gasteiger partial charge in [-0.25, -0.2) is 0 Å². The van der Waals surface area contributed by atoms with E-state index in [4.69, 9.17) is 16.3 Å². The molecule has 0 aliphatic rings. The Balaban J connectivity index is 2.47. The topological polar surface area (TPSA) is 12.5 Å². The zero-order chi connectivity index (χ0) is 13.4. The van der Waals surface area contributed by atoms with Crippen LogP contribution in [0.15, 0.2) is 24.3 Å². The smallest absolute Gasteiger partial charge is 0.119 e. The molecule has 2 nitrogen and oxygen atoms in total. The minimum atomic E-state index is 0.0440. The van der Waals surface area contributed by atoms with Gasteiger partial charge in [-0.15, -0.1) is 11.6 Å². The molecule has 0 saturated carbocycles. The van der Waals surface area contributed by atoms with Crippen LogP contribution in [0.3, 0.4) is 0 Å². The number of benzene rings is 1. The summed E-state index contributed by atoms with van der Waals surface area (Å²) in [5.41, 5.74) is 1.16. The van der Waals surface area contributed by atoms with Crippen LogP contribution in [0.1, 0.15) is 37.6 Å². The van der Waals surface area contributed by atoms with Crippen LogP contribution in [0, 0.1) is 0 Å². The first-order valence-corrected chi connectivity index (χ1v) is 7.16. The molecule has 0 bridgehead atoms. The van der Waals surface area contributed by atoms with Gasteiger partial charge in [0, 0.05) is 6.54 Å². The van der Waals surface area contributed by atoms with Gasteiger partial charge >= 0.3 is 0 Å². The van der Waals surface area contributed by atoms with E-state index in [2.05, 4.69) is 31.0 Å². The van der Waals surface area contributed by atoms with Crippen LogP contribution >= 0.6 is 11.6 Å². The molecular weight excluding hydrogens is 246 g/mol. The molecular formula is C15H24ClNO. The highest BCUT2D eigenvalue weighted by Gasteiger charge is 2.10. The lowest BCUT2D eigenvalue weighted by atomic mass is 10.1. The summed E-state index contributed by atoms with van der Waals surface area (Å²) in [5.74, 6) is 0.907. The van der Waals surface area contributed by atoms with Crippen LogP contribution in [0.25, 0.3) is 0 Å². The minimum absolute atomic E-state index is 0.0440. The number of unbranched alkanes of at least 4 members (excludes halogenated alkanes) is 1. The largest absolute Gasteiger partial charge is 0.494 e. The molecule has 1 rings (SSSR count). The monoisotopic (exact) mass is 269 g/mol. The van der Waals surface area contributed by atoms with E-state index in [1.54, 1.807) is 0 Å². The lowest BCUT2D eigenvalue weighted by molar-refractivity contribution is 0.327. The summed E-state index contributed by atoms with van der Waals surface area (Å²) in [6, 6.07) is 8.08. The van der Waals surface area contributed by atoms with E-state index in [9.17, 15) is 0 Å². The Morgan fingerprint density at radius 1 is 1.22 bits per heavy atom. The molecule has 1 aromatic rings. The maximum atomic E-state index is 6.43. The number of nitrogens with zero attached hydrogens (tertiary/aromatic N) is 1. The third-order valence-corrected chi connectivity index (χ3v) is 3.31. The van der Waals surface area contributed by atoms with E-state index in [1.165, 1.54) is 12.8 Å². The lowest BCUT2D eigenvalue weighted by Crippen LogP contribution is -2.23. The summed E-state index contributed by atoms with van der Waals surface area (Å²) in [6.07, 6.45) is 2.45. The lowest BCUT2D eigenvalue weighted by Gasteiger charge is -2.20. The zero-order valence-corrected chi connectivity index (χ0v) is 12.4. The Morgan fingerprint density at radius 2 is 1.89 bits per heavy atom. The van der Waals surface area contributed by atoms with Gasteiger partial charge in [0.05, 0.1) is 12.0 Å². The first-order chi connectivity index (χ1) is 8.67. The average molecular weight is 270 g/mol. The second-order valence-corrected chi connectivity index (χ2v) is 5.11. The van der Waals surface area contributed by atoms with Crippen LogP contribution in [0.4, 0.5) is 0 Å². The Hall–Kier alpha value is -0.730. The first kappa shape index (κ1) is 15.3.